The predicted octanol–water partition coefficient (Wildman–Crippen LogP) is 2.12. The first-order chi connectivity index (χ1) is 12.8. The number of primary amides is 1. The van der Waals surface area contributed by atoms with Gasteiger partial charge in [0.2, 0.25) is 6.23 Å². The van der Waals surface area contributed by atoms with Gasteiger partial charge >= 0.3 is 0 Å². The molecule has 0 saturated carbocycles. The van der Waals surface area contributed by atoms with Crippen molar-refractivity contribution in [2.24, 2.45) is 23.3 Å². The van der Waals surface area contributed by atoms with Gasteiger partial charge in [0.25, 0.3) is 5.91 Å². The topological polar surface area (TPSA) is 107 Å². The van der Waals surface area contributed by atoms with E-state index in [1.54, 1.807) is 0 Å². The van der Waals surface area contributed by atoms with Gasteiger partial charge in [-0.1, -0.05) is 45.9 Å². The molecule has 0 aliphatic carbocycles. The van der Waals surface area contributed by atoms with Gasteiger partial charge in [-0.2, -0.15) is 0 Å². The van der Waals surface area contributed by atoms with Crippen molar-refractivity contribution < 1.29 is 14.6 Å². The predicted molar refractivity (Wildman–Crippen MR) is 104 cm³/mol. The van der Waals surface area contributed by atoms with E-state index in [0.717, 1.165) is 16.5 Å². The van der Waals surface area contributed by atoms with Gasteiger partial charge in [0.15, 0.2) is 6.23 Å². The molecule has 1 aliphatic rings. The lowest BCUT2D eigenvalue weighted by Gasteiger charge is -2.49. The molecule has 0 bridgehead atoms. The number of rotatable bonds is 7. The van der Waals surface area contributed by atoms with Crippen molar-refractivity contribution >= 4 is 16.8 Å². The van der Waals surface area contributed by atoms with Crippen molar-refractivity contribution in [2.75, 3.05) is 6.54 Å². The molecule has 1 aliphatic heterocycles. The van der Waals surface area contributed by atoms with Crippen LogP contribution in [0.2, 0.25) is 0 Å². The lowest BCUT2D eigenvalue weighted by molar-refractivity contribution is -0.290. The summed E-state index contributed by atoms with van der Waals surface area (Å²) in [6, 6.07) is 8.08. The number of nitrogens with two attached hydrogens (primary N) is 2. The standard InChI is InChI=1S/C20H30N4O3/c1-12(2)20(11-21,13(3)4)24-17(26-27-19(24)18(22)25)9-14-10-23-16-8-6-5-7-15(14)16/h5-8,10,12-13,17,19,23H,9,11,21H2,1-4H3,(H2,22,25). The molecule has 7 nitrogen and oxygen atoms in total. The normalized spacial score (nSPS) is 21.6. The van der Waals surface area contributed by atoms with Crippen LogP contribution in [0.5, 0.6) is 0 Å². The molecule has 5 N–H and O–H groups in total. The Morgan fingerprint density at radius 3 is 2.48 bits per heavy atom. The molecule has 27 heavy (non-hydrogen) atoms. The van der Waals surface area contributed by atoms with E-state index in [2.05, 4.69) is 38.7 Å². The Kier molecular flexibility index (Phi) is 5.58. The van der Waals surface area contributed by atoms with Crippen molar-refractivity contribution in [1.29, 1.82) is 0 Å². The van der Waals surface area contributed by atoms with Crippen LogP contribution in [0, 0.1) is 11.8 Å². The maximum atomic E-state index is 12.1. The maximum absolute atomic E-state index is 12.1. The number of benzene rings is 1. The zero-order valence-corrected chi connectivity index (χ0v) is 16.4. The van der Waals surface area contributed by atoms with Gasteiger partial charge < -0.3 is 16.5 Å². The molecule has 3 rings (SSSR count). The van der Waals surface area contributed by atoms with Crippen LogP contribution in [0.1, 0.15) is 33.3 Å². The van der Waals surface area contributed by atoms with Crippen LogP contribution in [-0.2, 0) is 21.0 Å². The van der Waals surface area contributed by atoms with Gasteiger partial charge in [0, 0.05) is 35.6 Å². The number of fused-ring (bicyclic) bond motifs is 1. The summed E-state index contributed by atoms with van der Waals surface area (Å²) >= 11 is 0. The third-order valence-corrected chi connectivity index (χ3v) is 5.94. The Morgan fingerprint density at radius 1 is 1.22 bits per heavy atom. The fraction of sp³-hybridized carbons (Fsp3) is 0.550. The number of nitrogens with one attached hydrogen (secondary N) is 1. The average Bonchev–Trinajstić information content (AvgIpc) is 3.21. The summed E-state index contributed by atoms with van der Waals surface area (Å²) in [5.41, 5.74) is 13.6. The molecular weight excluding hydrogens is 344 g/mol. The molecule has 1 saturated heterocycles. The Labute approximate surface area is 159 Å². The van der Waals surface area contributed by atoms with Gasteiger partial charge in [0.1, 0.15) is 0 Å². The van der Waals surface area contributed by atoms with Gasteiger partial charge in [-0.3, -0.25) is 4.79 Å². The van der Waals surface area contributed by atoms with Crippen molar-refractivity contribution in [3.63, 3.8) is 0 Å². The summed E-state index contributed by atoms with van der Waals surface area (Å²) in [4.78, 5) is 28.4. The summed E-state index contributed by atoms with van der Waals surface area (Å²) in [7, 11) is 0. The second-order valence-electron chi connectivity index (χ2n) is 7.88. The second kappa shape index (κ2) is 7.59. The van der Waals surface area contributed by atoms with Crippen LogP contribution in [0.25, 0.3) is 10.9 Å². The molecule has 148 valence electrons. The zero-order valence-electron chi connectivity index (χ0n) is 16.4. The lowest BCUT2D eigenvalue weighted by Crippen LogP contribution is -2.66. The monoisotopic (exact) mass is 374 g/mol. The number of carbonyl (C=O) groups is 1. The number of aromatic amines is 1. The molecule has 1 amide bonds. The van der Waals surface area contributed by atoms with E-state index in [9.17, 15) is 4.79 Å². The van der Waals surface area contributed by atoms with Crippen LogP contribution in [-0.4, -0.2) is 40.3 Å². The van der Waals surface area contributed by atoms with Crippen LogP contribution >= 0.6 is 0 Å². The Balaban J connectivity index is 2.01. The maximum Gasteiger partial charge on any atom is 0.265 e. The molecule has 1 fully saturated rings. The molecular formula is C20H30N4O3. The third-order valence-electron chi connectivity index (χ3n) is 5.94. The number of hydrogen-bond acceptors (Lipinski definition) is 5. The van der Waals surface area contributed by atoms with Crippen molar-refractivity contribution in [1.82, 2.24) is 9.88 Å². The Morgan fingerprint density at radius 2 is 1.89 bits per heavy atom. The van der Waals surface area contributed by atoms with Crippen LogP contribution in [0.4, 0.5) is 0 Å². The van der Waals surface area contributed by atoms with E-state index >= 15 is 0 Å². The first-order valence-electron chi connectivity index (χ1n) is 9.47. The quantitative estimate of drug-likeness (QED) is 0.644. The summed E-state index contributed by atoms with van der Waals surface area (Å²) in [6.45, 7) is 8.78. The zero-order chi connectivity index (χ0) is 19.8. The summed E-state index contributed by atoms with van der Waals surface area (Å²) in [5.74, 6) is -0.240. The van der Waals surface area contributed by atoms with Crippen LogP contribution in [0.3, 0.4) is 0 Å². The fourth-order valence-corrected chi connectivity index (χ4v) is 4.49. The van der Waals surface area contributed by atoms with Crippen LogP contribution < -0.4 is 11.5 Å². The number of hydrogen-bond donors (Lipinski definition) is 3. The van der Waals surface area contributed by atoms with Gasteiger partial charge in [-0.25, -0.2) is 14.7 Å². The smallest absolute Gasteiger partial charge is 0.265 e. The van der Waals surface area contributed by atoms with Crippen molar-refractivity contribution in [3.8, 4) is 0 Å². The van der Waals surface area contributed by atoms with E-state index in [1.807, 2.05) is 29.3 Å². The first kappa shape index (κ1) is 19.8. The van der Waals surface area contributed by atoms with E-state index in [1.165, 1.54) is 0 Å². The Bertz CT molecular complexity index is 793. The highest BCUT2D eigenvalue weighted by Gasteiger charge is 2.54. The van der Waals surface area contributed by atoms with E-state index in [0.29, 0.717) is 13.0 Å². The van der Waals surface area contributed by atoms with E-state index in [-0.39, 0.29) is 11.8 Å². The van der Waals surface area contributed by atoms with Crippen molar-refractivity contribution in [3.05, 3.63) is 36.0 Å². The van der Waals surface area contributed by atoms with Crippen molar-refractivity contribution in [2.45, 2.75) is 52.1 Å². The second-order valence-corrected chi connectivity index (χ2v) is 7.88. The number of H-pyrrole nitrogens is 1. The highest BCUT2D eigenvalue weighted by Crippen LogP contribution is 2.40. The average molecular weight is 374 g/mol. The highest BCUT2D eigenvalue weighted by molar-refractivity contribution is 5.83. The largest absolute Gasteiger partial charge is 0.366 e. The third kappa shape index (κ3) is 3.25. The molecule has 2 heterocycles. The molecule has 2 aromatic rings. The van der Waals surface area contributed by atoms with Gasteiger partial charge in [0.05, 0.1) is 0 Å². The minimum Gasteiger partial charge on any atom is -0.366 e. The molecule has 2 atom stereocenters. The minimum absolute atomic E-state index is 0.167. The minimum atomic E-state index is -0.964. The number of para-hydroxylation sites is 1. The highest BCUT2D eigenvalue weighted by atomic mass is 17.2. The van der Waals surface area contributed by atoms with Crippen LogP contribution in [0.15, 0.2) is 30.5 Å². The Hall–Kier alpha value is -1.93. The number of nitrogens with zero attached hydrogens (tertiary/aromatic N) is 1. The van der Waals surface area contributed by atoms with E-state index < -0.39 is 23.9 Å². The van der Waals surface area contributed by atoms with E-state index in [4.69, 9.17) is 21.2 Å². The first-order valence-corrected chi connectivity index (χ1v) is 9.47. The summed E-state index contributed by atoms with van der Waals surface area (Å²) in [6.07, 6.45) is 1.09. The fourth-order valence-electron chi connectivity index (χ4n) is 4.49. The molecule has 0 spiro atoms. The number of aromatic nitrogens is 1. The molecule has 2 unspecified atom stereocenters. The molecule has 1 aromatic carbocycles. The molecule has 7 heteroatoms. The molecule has 0 radical (unpaired) electrons. The number of amides is 1. The van der Waals surface area contributed by atoms with Gasteiger partial charge in [-0.15, -0.1) is 0 Å². The summed E-state index contributed by atoms with van der Waals surface area (Å²) in [5, 5.41) is 1.12. The van der Waals surface area contributed by atoms with Gasteiger partial charge in [-0.05, 0) is 23.5 Å². The lowest BCUT2D eigenvalue weighted by atomic mass is 9.74. The summed E-state index contributed by atoms with van der Waals surface area (Å²) < 4.78 is 0. The molecule has 1 aromatic heterocycles. The number of carbonyl (C=O) groups excluding carboxylic acids is 1. The SMILES string of the molecule is CC(C)C(CN)(C(C)C)N1C(Cc2c[nH]c3ccccc23)OOC1C(N)=O.